The lowest BCUT2D eigenvalue weighted by Crippen LogP contribution is -2.38. The van der Waals surface area contributed by atoms with E-state index in [1.807, 2.05) is 0 Å². The molecule has 3 fully saturated rings. The molecule has 1 nitrogen and oxygen atoms in total. The van der Waals surface area contributed by atoms with Crippen molar-refractivity contribution >= 4 is 7.92 Å². The summed E-state index contributed by atoms with van der Waals surface area (Å²) in [5, 5.41) is 0. The van der Waals surface area contributed by atoms with Gasteiger partial charge in [0, 0.05) is 6.04 Å². The molecule has 2 heteroatoms. The van der Waals surface area contributed by atoms with Gasteiger partial charge in [-0.3, -0.25) is 0 Å². The van der Waals surface area contributed by atoms with Gasteiger partial charge < -0.3 is 4.90 Å². The van der Waals surface area contributed by atoms with Crippen molar-refractivity contribution in [3.63, 3.8) is 0 Å². The van der Waals surface area contributed by atoms with Crippen molar-refractivity contribution in [2.24, 2.45) is 5.92 Å². The van der Waals surface area contributed by atoms with Gasteiger partial charge in [-0.05, 0) is 82.4 Å². The van der Waals surface area contributed by atoms with Crippen LogP contribution in [-0.4, -0.2) is 42.0 Å². The number of nitrogens with zero attached hydrogens (tertiary/aromatic N) is 1. The summed E-state index contributed by atoms with van der Waals surface area (Å²) in [5.41, 5.74) is 3.39. The Hall–Kier alpha value is 0.390. The Morgan fingerprint density at radius 3 is 1.70 bits per heavy atom. The average Bonchev–Trinajstić information content (AvgIpc) is 3.05. The molecule has 0 saturated heterocycles. The van der Waals surface area contributed by atoms with E-state index in [-0.39, 0.29) is 7.92 Å². The molecular weight excluding hydrogens is 297 g/mol. The predicted molar refractivity (Wildman–Crippen MR) is 105 cm³/mol. The summed E-state index contributed by atoms with van der Waals surface area (Å²) in [5.74, 6) is 1.000. The van der Waals surface area contributed by atoms with E-state index < -0.39 is 0 Å². The molecule has 0 bridgehead atoms. The molecule has 2 unspecified atom stereocenters. The zero-order valence-corrected chi connectivity index (χ0v) is 16.9. The van der Waals surface area contributed by atoms with E-state index in [4.69, 9.17) is 0 Å². The van der Waals surface area contributed by atoms with E-state index in [0.717, 1.165) is 28.9 Å². The maximum atomic E-state index is 2.51. The third-order valence-corrected chi connectivity index (χ3v) is 11.5. The first-order valence-electron chi connectivity index (χ1n) is 10.6. The van der Waals surface area contributed by atoms with Gasteiger partial charge in [-0.1, -0.05) is 52.9 Å². The first kappa shape index (κ1) is 18.2. The fourth-order valence-corrected chi connectivity index (χ4v) is 10.8. The van der Waals surface area contributed by atoms with Crippen molar-refractivity contribution in [2.45, 2.75) is 113 Å². The van der Waals surface area contributed by atoms with E-state index in [1.54, 1.807) is 32.1 Å². The van der Waals surface area contributed by atoms with E-state index in [2.05, 4.69) is 25.9 Å². The van der Waals surface area contributed by atoms with Gasteiger partial charge in [-0.2, -0.15) is 0 Å². The van der Waals surface area contributed by atoms with Crippen molar-refractivity contribution in [1.29, 1.82) is 0 Å². The van der Waals surface area contributed by atoms with Crippen LogP contribution in [0.25, 0.3) is 0 Å². The van der Waals surface area contributed by atoms with Crippen LogP contribution in [0.1, 0.15) is 90.4 Å². The minimum absolute atomic E-state index is 0.279. The second-order valence-corrected chi connectivity index (χ2v) is 11.9. The third-order valence-electron chi connectivity index (χ3n) is 7.34. The molecule has 0 spiro atoms. The summed E-state index contributed by atoms with van der Waals surface area (Å²) < 4.78 is 0. The van der Waals surface area contributed by atoms with E-state index in [9.17, 15) is 0 Å². The molecule has 0 aromatic rings. The van der Waals surface area contributed by atoms with E-state index in [1.165, 1.54) is 51.4 Å². The Labute approximate surface area is 146 Å². The zero-order valence-electron chi connectivity index (χ0n) is 16.0. The van der Waals surface area contributed by atoms with Crippen LogP contribution in [0.15, 0.2) is 0 Å². The Kier molecular flexibility index (Phi) is 6.85. The maximum absolute atomic E-state index is 2.51. The summed E-state index contributed by atoms with van der Waals surface area (Å²) >= 11 is 0. The molecule has 0 radical (unpaired) electrons. The van der Waals surface area contributed by atoms with Crippen molar-refractivity contribution in [1.82, 2.24) is 4.90 Å². The minimum atomic E-state index is 0.279. The van der Waals surface area contributed by atoms with Gasteiger partial charge >= 0.3 is 0 Å². The molecule has 23 heavy (non-hydrogen) atoms. The second kappa shape index (κ2) is 8.66. The minimum Gasteiger partial charge on any atom is -0.306 e. The molecule has 0 amide bonds. The molecule has 3 rings (SSSR count). The number of hydrogen-bond donors (Lipinski definition) is 0. The molecule has 3 aliphatic carbocycles. The molecule has 3 aliphatic rings. The van der Waals surface area contributed by atoms with Gasteiger partial charge in [-0.25, -0.2) is 0 Å². The van der Waals surface area contributed by atoms with Gasteiger partial charge in [0.25, 0.3) is 0 Å². The number of hydrogen-bond acceptors (Lipinski definition) is 1. The highest BCUT2D eigenvalue weighted by Gasteiger charge is 2.43. The summed E-state index contributed by atoms with van der Waals surface area (Å²) in [7, 11) is 4.90. The molecule has 0 aromatic heterocycles. The second-order valence-electron chi connectivity index (χ2n) is 8.90. The zero-order chi connectivity index (χ0) is 16.2. The third kappa shape index (κ3) is 4.33. The average molecular weight is 338 g/mol. The Morgan fingerprint density at radius 1 is 0.696 bits per heavy atom. The van der Waals surface area contributed by atoms with Gasteiger partial charge in [-0.15, -0.1) is 0 Å². The predicted octanol–water partition coefficient (Wildman–Crippen LogP) is 6.25. The first-order valence-corrected chi connectivity index (χ1v) is 12.2. The van der Waals surface area contributed by atoms with Crippen LogP contribution < -0.4 is 0 Å². The quantitative estimate of drug-likeness (QED) is 0.536. The Balaban J connectivity index is 1.77. The van der Waals surface area contributed by atoms with Gasteiger partial charge in [0.2, 0.25) is 0 Å². The van der Waals surface area contributed by atoms with Gasteiger partial charge in [0.1, 0.15) is 0 Å². The molecule has 3 atom stereocenters. The van der Waals surface area contributed by atoms with Crippen LogP contribution in [0, 0.1) is 5.92 Å². The van der Waals surface area contributed by atoms with Crippen LogP contribution in [0.5, 0.6) is 0 Å². The van der Waals surface area contributed by atoms with Gasteiger partial charge in [0.05, 0.1) is 0 Å². The van der Waals surface area contributed by atoms with Crippen LogP contribution >= 0.6 is 7.92 Å². The van der Waals surface area contributed by atoms with Gasteiger partial charge in [0.15, 0.2) is 0 Å². The maximum Gasteiger partial charge on any atom is 0.00951 e. The van der Waals surface area contributed by atoms with Crippen molar-refractivity contribution in [3.8, 4) is 0 Å². The van der Waals surface area contributed by atoms with E-state index in [0.29, 0.717) is 0 Å². The summed E-state index contributed by atoms with van der Waals surface area (Å²) in [6.07, 6.45) is 20.1. The molecular formula is C21H40NP. The summed E-state index contributed by atoms with van der Waals surface area (Å²) in [4.78, 5) is 2.51. The largest absolute Gasteiger partial charge is 0.306 e. The standard InChI is InChI=1S/C21H40NP/c1-17(22(2)3)20-15-10-16-21(20)23(18-11-6-4-7-12-18)19-13-8-5-9-14-19/h17-21H,4-16H2,1-3H3/t17-,20?,21?/m1/s1. The lowest BCUT2D eigenvalue weighted by atomic mass is 9.98. The lowest BCUT2D eigenvalue weighted by molar-refractivity contribution is 0.231. The highest BCUT2D eigenvalue weighted by molar-refractivity contribution is 7.60. The summed E-state index contributed by atoms with van der Waals surface area (Å²) in [6, 6.07) is 0.791. The monoisotopic (exact) mass is 337 g/mol. The lowest BCUT2D eigenvalue weighted by Gasteiger charge is -2.45. The van der Waals surface area contributed by atoms with Crippen LogP contribution in [0.2, 0.25) is 0 Å². The SMILES string of the molecule is C[C@H](C1CCCC1P(C1CCCCC1)C1CCCCC1)N(C)C. The van der Waals surface area contributed by atoms with Crippen LogP contribution in [0.3, 0.4) is 0 Å². The van der Waals surface area contributed by atoms with E-state index >= 15 is 0 Å². The Morgan fingerprint density at radius 2 is 1.22 bits per heavy atom. The molecule has 0 N–H and O–H groups in total. The smallest absolute Gasteiger partial charge is 0.00951 e. The highest BCUT2D eigenvalue weighted by atomic mass is 31.1. The van der Waals surface area contributed by atoms with Crippen LogP contribution in [0.4, 0.5) is 0 Å². The van der Waals surface area contributed by atoms with Crippen LogP contribution in [-0.2, 0) is 0 Å². The fourth-order valence-electron chi connectivity index (χ4n) is 5.88. The topological polar surface area (TPSA) is 3.24 Å². The summed E-state index contributed by atoms with van der Waals surface area (Å²) in [6.45, 7) is 2.51. The molecule has 0 aliphatic heterocycles. The Bertz CT molecular complexity index is 326. The fraction of sp³-hybridized carbons (Fsp3) is 1.00. The molecule has 0 aromatic carbocycles. The molecule has 3 saturated carbocycles. The molecule has 0 heterocycles. The normalized spacial score (nSPS) is 32.7. The van der Waals surface area contributed by atoms with Crippen molar-refractivity contribution in [2.75, 3.05) is 14.1 Å². The number of rotatable bonds is 5. The van der Waals surface area contributed by atoms with Crippen molar-refractivity contribution in [3.05, 3.63) is 0 Å². The van der Waals surface area contributed by atoms with Crippen molar-refractivity contribution < 1.29 is 0 Å². The first-order chi connectivity index (χ1) is 11.2. The highest BCUT2D eigenvalue weighted by Crippen LogP contribution is 2.64. The molecule has 134 valence electrons.